The topological polar surface area (TPSA) is 49.8 Å². The Morgan fingerprint density at radius 2 is 2.11 bits per heavy atom. The van der Waals surface area contributed by atoms with Crippen LogP contribution in [0, 0.1) is 0 Å². The molecule has 0 aromatic heterocycles. The molecule has 0 atom stereocenters. The van der Waals surface area contributed by atoms with E-state index in [1.165, 1.54) is 0 Å². The summed E-state index contributed by atoms with van der Waals surface area (Å²) in [5.41, 5.74) is 0.158. The van der Waals surface area contributed by atoms with Gasteiger partial charge in [0.25, 0.3) is 0 Å². The molecule has 0 bridgehead atoms. The van der Waals surface area contributed by atoms with Crippen LogP contribution in [0.1, 0.15) is 32.8 Å². The van der Waals surface area contributed by atoms with Crippen LogP contribution in [0.25, 0.3) is 0 Å². The van der Waals surface area contributed by atoms with Gasteiger partial charge in [0, 0.05) is 6.54 Å². The lowest BCUT2D eigenvalue weighted by molar-refractivity contribution is -0.148. The van der Waals surface area contributed by atoms with Crippen LogP contribution in [0.4, 0.5) is 0 Å². The Labute approximate surface area is 115 Å². The van der Waals surface area contributed by atoms with Crippen molar-refractivity contribution >= 4 is 5.97 Å². The van der Waals surface area contributed by atoms with E-state index >= 15 is 0 Å². The molecule has 0 heterocycles. The summed E-state index contributed by atoms with van der Waals surface area (Å²) in [7, 11) is 1.81. The van der Waals surface area contributed by atoms with Crippen LogP contribution >= 0.6 is 0 Å². The quantitative estimate of drug-likeness (QED) is 0.823. The van der Waals surface area contributed by atoms with Crippen molar-refractivity contribution in [3.8, 4) is 5.75 Å². The summed E-state index contributed by atoms with van der Waals surface area (Å²) in [5, 5.41) is 9.19. The number of carboxylic acid groups (broad SMARTS) is 1. The second-order valence-corrected chi connectivity index (χ2v) is 5.22. The first-order chi connectivity index (χ1) is 8.87. The van der Waals surface area contributed by atoms with E-state index in [-0.39, 0.29) is 0 Å². The third-order valence-corrected chi connectivity index (χ3v) is 3.27. The minimum absolute atomic E-state index is 0.572. The Kier molecular flexibility index (Phi) is 5.36. The molecule has 1 aromatic carbocycles. The van der Waals surface area contributed by atoms with E-state index in [0.717, 1.165) is 17.7 Å². The Morgan fingerprint density at radius 3 is 2.68 bits per heavy atom. The van der Waals surface area contributed by atoms with Crippen molar-refractivity contribution in [2.24, 2.45) is 0 Å². The molecule has 1 N–H and O–H groups in total. The van der Waals surface area contributed by atoms with Gasteiger partial charge in [0.15, 0.2) is 0 Å². The predicted octanol–water partition coefficient (Wildman–Crippen LogP) is 2.77. The first-order valence-electron chi connectivity index (χ1n) is 6.54. The van der Waals surface area contributed by atoms with Crippen LogP contribution < -0.4 is 4.74 Å². The molecule has 0 saturated heterocycles. The summed E-state index contributed by atoms with van der Waals surface area (Å²) >= 11 is 0. The Hall–Kier alpha value is -1.55. The number of benzene rings is 1. The molecule has 19 heavy (non-hydrogen) atoms. The average molecular weight is 265 g/mol. The number of hydrogen-bond donors (Lipinski definition) is 1. The number of rotatable bonds is 7. The second-order valence-electron chi connectivity index (χ2n) is 5.22. The zero-order valence-corrected chi connectivity index (χ0v) is 12.1. The Balaban J connectivity index is 2.74. The Bertz CT molecular complexity index is 429. The average Bonchev–Trinajstić information content (AvgIpc) is 2.36. The van der Waals surface area contributed by atoms with Crippen LogP contribution in [-0.2, 0) is 11.3 Å². The largest absolute Gasteiger partial charge is 0.494 e. The van der Waals surface area contributed by atoms with Crippen LogP contribution in [0.5, 0.6) is 5.75 Å². The fourth-order valence-electron chi connectivity index (χ4n) is 1.59. The molecular formula is C15H23NO3. The van der Waals surface area contributed by atoms with Gasteiger partial charge in [0.2, 0.25) is 0 Å². The maximum Gasteiger partial charge on any atom is 0.323 e. The fourth-order valence-corrected chi connectivity index (χ4v) is 1.59. The van der Waals surface area contributed by atoms with Gasteiger partial charge in [-0.1, -0.05) is 19.1 Å². The summed E-state index contributed by atoms with van der Waals surface area (Å²) in [6, 6.07) is 7.79. The molecule has 1 rings (SSSR count). The van der Waals surface area contributed by atoms with Gasteiger partial charge in [-0.2, -0.15) is 0 Å². The van der Waals surface area contributed by atoms with Gasteiger partial charge in [-0.3, -0.25) is 9.69 Å². The van der Waals surface area contributed by atoms with E-state index in [0.29, 0.717) is 13.2 Å². The van der Waals surface area contributed by atoms with Gasteiger partial charge >= 0.3 is 5.97 Å². The molecule has 1 aromatic rings. The van der Waals surface area contributed by atoms with Crippen molar-refractivity contribution in [3.63, 3.8) is 0 Å². The lowest BCUT2D eigenvalue weighted by Crippen LogP contribution is -2.47. The highest BCUT2D eigenvalue weighted by Crippen LogP contribution is 2.19. The lowest BCUT2D eigenvalue weighted by atomic mass is 10.0. The van der Waals surface area contributed by atoms with Gasteiger partial charge in [-0.05, 0) is 45.0 Å². The van der Waals surface area contributed by atoms with Crippen molar-refractivity contribution in [2.45, 2.75) is 39.3 Å². The second kappa shape index (κ2) is 6.57. The number of ether oxygens (including phenoxy) is 1. The summed E-state index contributed by atoms with van der Waals surface area (Å²) in [4.78, 5) is 13.0. The molecular weight excluding hydrogens is 242 g/mol. The lowest BCUT2D eigenvalue weighted by Gasteiger charge is -2.31. The molecule has 0 amide bonds. The zero-order valence-electron chi connectivity index (χ0n) is 12.1. The smallest absolute Gasteiger partial charge is 0.323 e. The van der Waals surface area contributed by atoms with E-state index in [4.69, 9.17) is 4.74 Å². The molecule has 4 heteroatoms. The van der Waals surface area contributed by atoms with Crippen LogP contribution in [0.15, 0.2) is 24.3 Å². The minimum atomic E-state index is -0.889. The van der Waals surface area contributed by atoms with Crippen molar-refractivity contribution in [3.05, 3.63) is 29.8 Å². The van der Waals surface area contributed by atoms with Gasteiger partial charge in [-0.25, -0.2) is 0 Å². The SMILES string of the molecule is CCCOc1cccc(CN(C)C(C)(C)C(=O)O)c1. The van der Waals surface area contributed by atoms with E-state index in [9.17, 15) is 9.90 Å². The van der Waals surface area contributed by atoms with Gasteiger partial charge in [0.05, 0.1) is 6.61 Å². The normalized spacial score (nSPS) is 11.6. The van der Waals surface area contributed by atoms with Crippen molar-refractivity contribution < 1.29 is 14.6 Å². The predicted molar refractivity (Wildman–Crippen MR) is 75.4 cm³/mol. The summed E-state index contributed by atoms with van der Waals surface area (Å²) < 4.78 is 5.58. The molecule has 0 aliphatic heterocycles. The number of nitrogens with zero attached hydrogens (tertiary/aromatic N) is 1. The summed E-state index contributed by atoms with van der Waals surface area (Å²) in [6.45, 7) is 6.73. The third kappa shape index (κ3) is 4.24. The number of carbonyl (C=O) groups is 1. The number of aliphatic carboxylic acids is 1. The van der Waals surface area contributed by atoms with Crippen LogP contribution in [0.2, 0.25) is 0 Å². The minimum Gasteiger partial charge on any atom is -0.494 e. The summed E-state index contributed by atoms with van der Waals surface area (Å²) in [6.07, 6.45) is 0.968. The first-order valence-corrected chi connectivity index (χ1v) is 6.54. The van der Waals surface area contributed by atoms with Gasteiger partial charge < -0.3 is 9.84 Å². The van der Waals surface area contributed by atoms with E-state index in [1.54, 1.807) is 13.8 Å². The molecule has 0 saturated carbocycles. The maximum absolute atomic E-state index is 11.2. The van der Waals surface area contributed by atoms with E-state index < -0.39 is 11.5 Å². The number of carboxylic acids is 1. The monoisotopic (exact) mass is 265 g/mol. The zero-order chi connectivity index (χ0) is 14.5. The van der Waals surface area contributed by atoms with Gasteiger partial charge in [-0.15, -0.1) is 0 Å². The molecule has 0 aliphatic rings. The Morgan fingerprint density at radius 1 is 1.42 bits per heavy atom. The molecule has 0 radical (unpaired) electrons. The van der Waals surface area contributed by atoms with Crippen molar-refractivity contribution in [1.82, 2.24) is 4.90 Å². The molecule has 0 spiro atoms. The van der Waals surface area contributed by atoms with Crippen molar-refractivity contribution in [2.75, 3.05) is 13.7 Å². The summed E-state index contributed by atoms with van der Waals surface area (Å²) in [5.74, 6) is 0.00858. The molecule has 4 nitrogen and oxygen atoms in total. The van der Waals surface area contributed by atoms with Gasteiger partial charge in [0.1, 0.15) is 11.3 Å². The maximum atomic E-state index is 11.2. The molecule has 106 valence electrons. The number of hydrogen-bond acceptors (Lipinski definition) is 3. The third-order valence-electron chi connectivity index (χ3n) is 3.27. The highest BCUT2D eigenvalue weighted by atomic mass is 16.5. The number of likely N-dealkylation sites (N-methyl/N-ethyl adjacent to an activating group) is 1. The standard InChI is InChI=1S/C15H23NO3/c1-5-9-19-13-8-6-7-12(10-13)11-16(4)15(2,3)14(17)18/h6-8,10H,5,9,11H2,1-4H3,(H,17,18). The fraction of sp³-hybridized carbons (Fsp3) is 0.533. The van der Waals surface area contributed by atoms with E-state index in [2.05, 4.69) is 6.92 Å². The van der Waals surface area contributed by atoms with E-state index in [1.807, 2.05) is 36.2 Å². The highest BCUT2D eigenvalue weighted by Gasteiger charge is 2.31. The van der Waals surface area contributed by atoms with Crippen LogP contribution in [0.3, 0.4) is 0 Å². The molecule has 0 aliphatic carbocycles. The molecule has 0 unspecified atom stereocenters. The molecule has 0 fully saturated rings. The van der Waals surface area contributed by atoms with Crippen LogP contribution in [-0.4, -0.2) is 35.2 Å². The highest BCUT2D eigenvalue weighted by molar-refractivity contribution is 5.77. The first kappa shape index (κ1) is 15.5. The van der Waals surface area contributed by atoms with Crippen molar-refractivity contribution in [1.29, 1.82) is 0 Å².